The molecule has 1 unspecified atom stereocenters. The fraction of sp³-hybridized carbons (Fsp3) is 0.562. The van der Waals surface area contributed by atoms with Crippen LogP contribution in [0.4, 0.5) is 13.2 Å². The van der Waals surface area contributed by atoms with Crippen molar-refractivity contribution in [1.29, 1.82) is 0 Å². The van der Waals surface area contributed by atoms with Gasteiger partial charge in [0.15, 0.2) is 6.10 Å². The summed E-state index contributed by atoms with van der Waals surface area (Å²) in [5, 5.41) is 0. The van der Waals surface area contributed by atoms with Crippen molar-refractivity contribution in [1.82, 2.24) is 4.90 Å². The van der Waals surface area contributed by atoms with Crippen LogP contribution in [0.2, 0.25) is 0 Å². The van der Waals surface area contributed by atoms with Crippen molar-refractivity contribution < 1.29 is 22.7 Å². The zero-order chi connectivity index (χ0) is 17.1. The third kappa shape index (κ3) is 4.39. The Morgan fingerprint density at radius 3 is 2.00 bits per heavy atom. The molecule has 0 aromatic heterocycles. The van der Waals surface area contributed by atoms with E-state index >= 15 is 0 Å². The molecule has 22 heavy (non-hydrogen) atoms. The summed E-state index contributed by atoms with van der Waals surface area (Å²) >= 11 is 0. The highest BCUT2D eigenvalue weighted by molar-refractivity contribution is 5.81. The number of amides is 1. The Labute approximate surface area is 129 Å². The molecular weight excluding hydrogens is 295 g/mol. The molecule has 0 N–H and O–H groups in total. The van der Waals surface area contributed by atoms with Crippen LogP contribution in [-0.2, 0) is 11.0 Å². The van der Waals surface area contributed by atoms with Crippen molar-refractivity contribution >= 4 is 5.91 Å². The average molecular weight is 317 g/mol. The maximum absolute atomic E-state index is 12.9. The normalized spacial score (nSPS) is 13.4. The Bertz CT molecular complexity index is 504. The van der Waals surface area contributed by atoms with Gasteiger partial charge in [0.05, 0.1) is 5.56 Å². The van der Waals surface area contributed by atoms with Gasteiger partial charge in [-0.3, -0.25) is 4.79 Å². The molecule has 0 heterocycles. The van der Waals surface area contributed by atoms with E-state index in [1.807, 2.05) is 27.7 Å². The Morgan fingerprint density at radius 2 is 1.55 bits per heavy atom. The van der Waals surface area contributed by atoms with Crippen molar-refractivity contribution in [2.45, 2.75) is 59.0 Å². The molecule has 0 saturated heterocycles. The van der Waals surface area contributed by atoms with E-state index in [9.17, 15) is 18.0 Å². The molecule has 124 valence electrons. The van der Waals surface area contributed by atoms with Crippen LogP contribution in [0.15, 0.2) is 24.3 Å². The van der Waals surface area contributed by atoms with E-state index in [4.69, 9.17) is 4.74 Å². The monoisotopic (exact) mass is 317 g/mol. The SMILES string of the molecule is CC(Oc1ccccc1C(F)(F)F)C(=O)N(C(C)C)C(C)C. The predicted octanol–water partition coefficient (Wildman–Crippen LogP) is 4.12. The van der Waals surface area contributed by atoms with Gasteiger partial charge in [-0.25, -0.2) is 0 Å². The Morgan fingerprint density at radius 1 is 1.05 bits per heavy atom. The van der Waals surface area contributed by atoms with E-state index in [2.05, 4.69) is 0 Å². The van der Waals surface area contributed by atoms with Gasteiger partial charge in [0.1, 0.15) is 5.75 Å². The highest BCUT2D eigenvalue weighted by Crippen LogP contribution is 2.36. The average Bonchev–Trinajstić information content (AvgIpc) is 2.37. The van der Waals surface area contributed by atoms with Gasteiger partial charge in [0, 0.05) is 12.1 Å². The number of carbonyl (C=O) groups excluding carboxylic acids is 1. The smallest absolute Gasteiger partial charge is 0.419 e. The summed E-state index contributed by atoms with van der Waals surface area (Å²) in [7, 11) is 0. The second-order valence-electron chi connectivity index (χ2n) is 5.69. The van der Waals surface area contributed by atoms with E-state index < -0.39 is 17.8 Å². The van der Waals surface area contributed by atoms with Gasteiger partial charge >= 0.3 is 6.18 Å². The highest BCUT2D eigenvalue weighted by Gasteiger charge is 2.35. The van der Waals surface area contributed by atoms with Crippen LogP contribution in [0.1, 0.15) is 40.2 Å². The third-order valence-corrected chi connectivity index (χ3v) is 3.21. The van der Waals surface area contributed by atoms with Gasteiger partial charge in [0.25, 0.3) is 5.91 Å². The number of para-hydroxylation sites is 1. The number of benzene rings is 1. The first kappa shape index (κ1) is 18.3. The molecule has 0 radical (unpaired) electrons. The molecule has 0 aliphatic heterocycles. The number of hydrogen-bond acceptors (Lipinski definition) is 2. The van der Waals surface area contributed by atoms with Gasteiger partial charge in [-0.05, 0) is 46.8 Å². The number of alkyl halides is 3. The second-order valence-corrected chi connectivity index (χ2v) is 5.69. The van der Waals surface area contributed by atoms with E-state index in [1.165, 1.54) is 25.1 Å². The van der Waals surface area contributed by atoms with Crippen LogP contribution in [0.25, 0.3) is 0 Å². The van der Waals surface area contributed by atoms with Crippen LogP contribution in [-0.4, -0.2) is 29.0 Å². The summed E-state index contributed by atoms with van der Waals surface area (Å²) in [6, 6.07) is 4.78. The molecule has 0 spiro atoms. The highest BCUT2D eigenvalue weighted by atomic mass is 19.4. The van der Waals surface area contributed by atoms with Crippen molar-refractivity contribution in [2.24, 2.45) is 0 Å². The molecule has 0 aliphatic carbocycles. The molecule has 0 saturated carbocycles. The topological polar surface area (TPSA) is 29.5 Å². The second kappa shape index (κ2) is 7.03. The quantitative estimate of drug-likeness (QED) is 0.817. The summed E-state index contributed by atoms with van der Waals surface area (Å²) in [5.74, 6) is -0.662. The molecule has 1 atom stereocenters. The lowest BCUT2D eigenvalue weighted by Crippen LogP contribution is -2.48. The van der Waals surface area contributed by atoms with Crippen LogP contribution in [0, 0.1) is 0 Å². The summed E-state index contributed by atoms with van der Waals surface area (Å²) in [6.45, 7) is 8.89. The van der Waals surface area contributed by atoms with Crippen molar-refractivity contribution in [2.75, 3.05) is 0 Å². The molecule has 0 aliphatic rings. The molecule has 0 fully saturated rings. The maximum Gasteiger partial charge on any atom is 0.419 e. The number of rotatable bonds is 5. The van der Waals surface area contributed by atoms with Crippen LogP contribution in [0.5, 0.6) is 5.75 Å². The number of carbonyl (C=O) groups is 1. The summed E-state index contributed by atoms with van der Waals surface area (Å²) in [5.41, 5.74) is -0.879. The lowest BCUT2D eigenvalue weighted by atomic mass is 10.1. The summed E-state index contributed by atoms with van der Waals surface area (Å²) < 4.78 is 44.1. The molecule has 1 amide bonds. The minimum atomic E-state index is -4.52. The minimum Gasteiger partial charge on any atom is -0.480 e. The van der Waals surface area contributed by atoms with E-state index in [0.29, 0.717) is 0 Å². The van der Waals surface area contributed by atoms with E-state index in [-0.39, 0.29) is 23.7 Å². The first-order chi connectivity index (χ1) is 10.1. The Kier molecular flexibility index (Phi) is 5.85. The molecule has 1 aromatic carbocycles. The lowest BCUT2D eigenvalue weighted by molar-refractivity contribution is -0.145. The minimum absolute atomic E-state index is 0.0589. The predicted molar refractivity (Wildman–Crippen MR) is 78.7 cm³/mol. The maximum atomic E-state index is 12.9. The summed E-state index contributed by atoms with van der Waals surface area (Å²) in [6.07, 6.45) is -5.51. The van der Waals surface area contributed by atoms with Gasteiger partial charge in [-0.1, -0.05) is 12.1 Å². The number of ether oxygens (including phenoxy) is 1. The van der Waals surface area contributed by atoms with Gasteiger partial charge in [0.2, 0.25) is 0 Å². The first-order valence-electron chi connectivity index (χ1n) is 7.20. The Hall–Kier alpha value is -1.72. The zero-order valence-electron chi connectivity index (χ0n) is 13.4. The standard InChI is InChI=1S/C16H22F3NO2/c1-10(2)20(11(3)4)15(21)12(5)22-14-9-7-6-8-13(14)16(17,18)19/h6-12H,1-5H3. The number of halogens is 3. The van der Waals surface area contributed by atoms with E-state index in [0.717, 1.165) is 6.07 Å². The van der Waals surface area contributed by atoms with Crippen LogP contribution in [0.3, 0.4) is 0 Å². The number of hydrogen-bond donors (Lipinski definition) is 0. The van der Waals surface area contributed by atoms with Gasteiger partial charge in [-0.2, -0.15) is 13.2 Å². The molecule has 1 rings (SSSR count). The summed E-state index contributed by atoms with van der Waals surface area (Å²) in [4.78, 5) is 14.0. The molecule has 0 bridgehead atoms. The van der Waals surface area contributed by atoms with Gasteiger partial charge < -0.3 is 9.64 Å². The first-order valence-corrected chi connectivity index (χ1v) is 7.20. The van der Waals surface area contributed by atoms with Gasteiger partial charge in [-0.15, -0.1) is 0 Å². The lowest BCUT2D eigenvalue weighted by Gasteiger charge is -2.33. The zero-order valence-corrected chi connectivity index (χ0v) is 13.4. The fourth-order valence-corrected chi connectivity index (χ4v) is 2.36. The molecular formula is C16H22F3NO2. The van der Waals surface area contributed by atoms with Crippen LogP contribution >= 0.6 is 0 Å². The Balaban J connectivity index is 2.98. The van der Waals surface area contributed by atoms with Crippen molar-refractivity contribution in [3.63, 3.8) is 0 Å². The molecule has 3 nitrogen and oxygen atoms in total. The van der Waals surface area contributed by atoms with Crippen molar-refractivity contribution in [3.8, 4) is 5.75 Å². The molecule has 6 heteroatoms. The molecule has 1 aromatic rings. The van der Waals surface area contributed by atoms with Crippen molar-refractivity contribution in [3.05, 3.63) is 29.8 Å². The largest absolute Gasteiger partial charge is 0.480 e. The van der Waals surface area contributed by atoms with Crippen LogP contribution < -0.4 is 4.74 Å². The fourth-order valence-electron chi connectivity index (χ4n) is 2.36. The van der Waals surface area contributed by atoms with E-state index in [1.54, 1.807) is 4.90 Å². The number of nitrogens with zero attached hydrogens (tertiary/aromatic N) is 1. The third-order valence-electron chi connectivity index (χ3n) is 3.21.